The highest BCUT2D eigenvalue weighted by atomic mass is 32.2. The van der Waals surface area contributed by atoms with Crippen LogP contribution in [0.25, 0.3) is 10.9 Å². The van der Waals surface area contributed by atoms with E-state index in [2.05, 4.69) is 4.90 Å². The molecule has 1 amide bonds. The Labute approximate surface area is 185 Å². The first-order chi connectivity index (χ1) is 15.2. The third-order valence-corrected chi connectivity index (χ3v) is 7.57. The highest BCUT2D eigenvalue weighted by molar-refractivity contribution is 7.99. The van der Waals surface area contributed by atoms with Crippen LogP contribution in [0.15, 0.2) is 57.0 Å². The maximum atomic E-state index is 13.2. The number of aromatic nitrogens is 2. The third kappa shape index (κ3) is 4.15. The van der Waals surface area contributed by atoms with Gasteiger partial charge in [0, 0.05) is 12.6 Å². The number of likely N-dealkylation sites (tertiary alicyclic amines) is 1. The number of nitrogens with zero attached hydrogens (tertiary/aromatic N) is 3. The topological polar surface area (TPSA) is 68.3 Å². The van der Waals surface area contributed by atoms with Gasteiger partial charge >= 0.3 is 0 Å². The first-order valence-corrected chi connectivity index (χ1v) is 12.1. The third-order valence-electron chi connectivity index (χ3n) is 6.61. The van der Waals surface area contributed by atoms with Crippen molar-refractivity contribution in [1.29, 1.82) is 0 Å². The van der Waals surface area contributed by atoms with Crippen molar-refractivity contribution >= 4 is 28.6 Å². The summed E-state index contributed by atoms with van der Waals surface area (Å²) in [6, 6.07) is 11.4. The van der Waals surface area contributed by atoms with Gasteiger partial charge in [-0.2, -0.15) is 0 Å². The summed E-state index contributed by atoms with van der Waals surface area (Å²) in [5.74, 6) is 1.81. The molecule has 5 rings (SSSR count). The molecule has 0 N–H and O–H groups in total. The molecule has 0 bridgehead atoms. The summed E-state index contributed by atoms with van der Waals surface area (Å²) in [5, 5.41) is 1.14. The fourth-order valence-corrected chi connectivity index (χ4v) is 5.98. The zero-order valence-corrected chi connectivity index (χ0v) is 18.4. The number of carbonyl (C=O) groups is 1. The van der Waals surface area contributed by atoms with Crippen molar-refractivity contribution in [3.05, 3.63) is 58.8 Å². The Kier molecular flexibility index (Phi) is 5.85. The zero-order valence-electron chi connectivity index (χ0n) is 17.5. The predicted molar refractivity (Wildman–Crippen MR) is 121 cm³/mol. The van der Waals surface area contributed by atoms with Crippen molar-refractivity contribution in [1.82, 2.24) is 14.5 Å². The summed E-state index contributed by atoms with van der Waals surface area (Å²) < 4.78 is 7.09. The lowest BCUT2D eigenvalue weighted by Crippen LogP contribution is -2.50. The second-order valence-corrected chi connectivity index (χ2v) is 9.45. The Balaban J connectivity index is 1.40. The van der Waals surface area contributed by atoms with Crippen molar-refractivity contribution in [3.63, 3.8) is 0 Å². The molecule has 1 aliphatic heterocycles. The average Bonchev–Trinajstić information content (AvgIpc) is 3.32. The lowest BCUT2D eigenvalue weighted by atomic mass is 9.78. The summed E-state index contributed by atoms with van der Waals surface area (Å²) in [6.45, 7) is 1.15. The monoisotopic (exact) mass is 437 g/mol. The van der Waals surface area contributed by atoms with Crippen LogP contribution in [-0.4, -0.2) is 38.7 Å². The smallest absolute Gasteiger partial charge is 0.262 e. The van der Waals surface area contributed by atoms with Crippen molar-refractivity contribution in [3.8, 4) is 0 Å². The number of carbonyl (C=O) groups excluding carboxylic acids is 1. The van der Waals surface area contributed by atoms with Gasteiger partial charge in [0.2, 0.25) is 5.91 Å². The maximum Gasteiger partial charge on any atom is 0.262 e. The van der Waals surface area contributed by atoms with Gasteiger partial charge in [0.25, 0.3) is 5.56 Å². The van der Waals surface area contributed by atoms with Gasteiger partial charge < -0.3 is 9.32 Å². The lowest BCUT2D eigenvalue weighted by Gasteiger charge is -2.44. The number of rotatable bonds is 5. The van der Waals surface area contributed by atoms with Crippen LogP contribution in [-0.2, 0) is 11.3 Å². The van der Waals surface area contributed by atoms with Gasteiger partial charge in [-0.1, -0.05) is 36.7 Å². The zero-order chi connectivity index (χ0) is 21.2. The van der Waals surface area contributed by atoms with Crippen LogP contribution in [0.1, 0.15) is 44.3 Å². The van der Waals surface area contributed by atoms with Crippen LogP contribution in [0.2, 0.25) is 0 Å². The van der Waals surface area contributed by atoms with Crippen molar-refractivity contribution in [2.45, 2.75) is 56.3 Å². The molecule has 31 heavy (non-hydrogen) atoms. The van der Waals surface area contributed by atoms with E-state index in [-0.39, 0.29) is 11.5 Å². The van der Waals surface area contributed by atoms with Crippen molar-refractivity contribution < 1.29 is 9.21 Å². The van der Waals surface area contributed by atoms with E-state index in [0.29, 0.717) is 46.1 Å². The summed E-state index contributed by atoms with van der Waals surface area (Å²) >= 11 is 1.36. The lowest BCUT2D eigenvalue weighted by molar-refractivity contribution is -0.134. The number of piperidine rings is 1. The molecule has 3 aromatic rings. The fourth-order valence-electron chi connectivity index (χ4n) is 5.10. The van der Waals surface area contributed by atoms with Crippen LogP contribution in [0.5, 0.6) is 0 Å². The van der Waals surface area contributed by atoms with Crippen LogP contribution < -0.4 is 5.56 Å². The molecular formula is C24H27N3O3S. The number of furan rings is 1. The van der Waals surface area contributed by atoms with Gasteiger partial charge in [0.1, 0.15) is 5.76 Å². The summed E-state index contributed by atoms with van der Waals surface area (Å²) in [5.41, 5.74) is 0.547. The van der Waals surface area contributed by atoms with Gasteiger partial charge in [0.15, 0.2) is 5.16 Å². The normalized spacial score (nSPS) is 21.2. The molecule has 0 spiro atoms. The molecule has 2 atom stereocenters. The van der Waals surface area contributed by atoms with Gasteiger partial charge in [-0.25, -0.2) is 4.98 Å². The van der Waals surface area contributed by atoms with Gasteiger partial charge in [-0.15, -0.1) is 0 Å². The quantitative estimate of drug-likeness (QED) is 0.439. The molecule has 0 radical (unpaired) electrons. The first-order valence-electron chi connectivity index (χ1n) is 11.1. The second-order valence-electron chi connectivity index (χ2n) is 8.51. The maximum absolute atomic E-state index is 13.2. The van der Waals surface area contributed by atoms with E-state index in [1.54, 1.807) is 16.9 Å². The Bertz CT molecular complexity index is 1120. The number of para-hydroxylation sites is 1. The van der Waals surface area contributed by atoms with Crippen LogP contribution >= 0.6 is 11.8 Å². The Morgan fingerprint density at radius 1 is 1.10 bits per heavy atom. The standard InChI is InChI=1S/C24H27N3O3S/c28-22(26-13-5-8-17-7-1-4-12-21(17)26)16-31-24-25-20-11-3-2-10-19(20)23(29)27(24)15-18-9-6-14-30-18/h2-3,6,9-11,14,17,21H,1,4-5,7-8,12-13,15-16H2. The highest BCUT2D eigenvalue weighted by Gasteiger charge is 2.35. The van der Waals surface area contributed by atoms with E-state index < -0.39 is 0 Å². The Morgan fingerprint density at radius 3 is 2.81 bits per heavy atom. The molecular weight excluding hydrogens is 410 g/mol. The van der Waals surface area contributed by atoms with E-state index in [0.717, 1.165) is 19.4 Å². The van der Waals surface area contributed by atoms with Crippen molar-refractivity contribution in [2.75, 3.05) is 12.3 Å². The summed E-state index contributed by atoms with van der Waals surface area (Å²) in [7, 11) is 0. The van der Waals surface area contributed by atoms with Crippen molar-refractivity contribution in [2.24, 2.45) is 5.92 Å². The summed E-state index contributed by atoms with van der Waals surface area (Å²) in [6.07, 6.45) is 8.81. The van der Waals surface area contributed by atoms with E-state index in [4.69, 9.17) is 9.40 Å². The number of fused-ring (bicyclic) bond motifs is 2. The van der Waals surface area contributed by atoms with E-state index in [1.165, 1.54) is 37.4 Å². The van der Waals surface area contributed by atoms with Crippen LogP contribution in [0.3, 0.4) is 0 Å². The molecule has 2 fully saturated rings. The van der Waals surface area contributed by atoms with Gasteiger partial charge in [0.05, 0.1) is 29.5 Å². The first kappa shape index (κ1) is 20.4. The molecule has 2 aromatic heterocycles. The minimum absolute atomic E-state index is 0.109. The largest absolute Gasteiger partial charge is 0.467 e. The van der Waals surface area contributed by atoms with Gasteiger partial charge in [-0.3, -0.25) is 14.2 Å². The fraction of sp³-hybridized carbons (Fsp3) is 0.458. The van der Waals surface area contributed by atoms with Gasteiger partial charge in [-0.05, 0) is 55.9 Å². The minimum atomic E-state index is -0.109. The second kappa shape index (κ2) is 8.91. The molecule has 2 unspecified atom stereocenters. The van der Waals surface area contributed by atoms with Crippen LogP contribution in [0, 0.1) is 5.92 Å². The average molecular weight is 438 g/mol. The predicted octanol–water partition coefficient (Wildman–Crippen LogP) is 4.31. The minimum Gasteiger partial charge on any atom is -0.467 e. The highest BCUT2D eigenvalue weighted by Crippen LogP contribution is 2.35. The molecule has 162 valence electrons. The van der Waals surface area contributed by atoms with E-state index >= 15 is 0 Å². The Morgan fingerprint density at radius 2 is 1.94 bits per heavy atom. The SMILES string of the molecule is O=C(CSc1nc2ccccc2c(=O)n1Cc1ccco1)N1CCCC2CCCCC21. The molecule has 6 nitrogen and oxygen atoms in total. The molecule has 2 aliphatic rings. The number of thioether (sulfide) groups is 1. The van der Waals surface area contributed by atoms with E-state index in [9.17, 15) is 9.59 Å². The molecule has 3 heterocycles. The molecule has 1 aromatic carbocycles. The number of hydrogen-bond donors (Lipinski definition) is 0. The molecule has 1 aliphatic carbocycles. The molecule has 7 heteroatoms. The molecule has 1 saturated carbocycles. The van der Waals surface area contributed by atoms with Crippen LogP contribution in [0.4, 0.5) is 0 Å². The number of benzene rings is 1. The number of hydrogen-bond acceptors (Lipinski definition) is 5. The number of amides is 1. The van der Waals surface area contributed by atoms with E-state index in [1.807, 2.05) is 30.3 Å². The summed E-state index contributed by atoms with van der Waals surface area (Å²) in [4.78, 5) is 33.2. The Hall–Kier alpha value is -2.54. The molecule has 1 saturated heterocycles.